The molecule has 0 aromatic rings. The average Bonchev–Trinajstić information content (AvgIpc) is 2.56. The number of hydrogen-bond acceptors (Lipinski definition) is 6. The molecule has 146 valence electrons. The van der Waals surface area contributed by atoms with Crippen molar-refractivity contribution in [1.82, 2.24) is 0 Å². The fourth-order valence-corrected chi connectivity index (χ4v) is 5.99. The summed E-state index contributed by atoms with van der Waals surface area (Å²) in [5.41, 5.74) is 1.67. The maximum absolute atomic E-state index is 5.55. The fraction of sp³-hybridized carbons (Fsp3) is 0.875. The van der Waals surface area contributed by atoms with Gasteiger partial charge in [0, 0.05) is 45.7 Å². The number of hydrogen-bond donors (Lipinski definition) is 0. The molecule has 24 heavy (non-hydrogen) atoms. The Morgan fingerprint density at radius 2 is 0.875 bits per heavy atom. The highest BCUT2D eigenvalue weighted by Crippen LogP contribution is 2.14. The molecule has 0 unspecified atom stereocenters. The molecule has 0 aliphatic rings. The van der Waals surface area contributed by atoms with Crippen molar-refractivity contribution >= 4 is 17.6 Å². The van der Waals surface area contributed by atoms with Gasteiger partial charge in [0.05, 0.1) is 0 Å². The van der Waals surface area contributed by atoms with E-state index >= 15 is 0 Å². The van der Waals surface area contributed by atoms with Gasteiger partial charge in [0.1, 0.15) is 0 Å². The molecular formula is C16H38O6Si2. The Hall–Kier alpha value is -0.0662. The summed E-state index contributed by atoms with van der Waals surface area (Å²) in [5.74, 6) is 0. The van der Waals surface area contributed by atoms with Crippen LogP contribution < -0.4 is 0 Å². The van der Waals surface area contributed by atoms with Crippen LogP contribution in [0.25, 0.3) is 0 Å². The molecule has 0 rings (SSSR count). The van der Waals surface area contributed by atoms with Crippen LogP contribution >= 0.6 is 0 Å². The topological polar surface area (TPSA) is 55.4 Å². The van der Waals surface area contributed by atoms with Crippen LogP contribution in [0.1, 0.15) is 48.5 Å². The third-order valence-electron chi connectivity index (χ3n) is 2.81. The van der Waals surface area contributed by atoms with Crippen molar-refractivity contribution in [2.45, 2.75) is 54.5 Å². The second kappa shape index (κ2) is 16.4. The van der Waals surface area contributed by atoms with E-state index in [1.807, 2.05) is 48.5 Å². The molecule has 0 radical (unpaired) electrons. The Morgan fingerprint density at radius 3 is 1.04 bits per heavy atom. The molecule has 0 aromatic heterocycles. The zero-order valence-electron chi connectivity index (χ0n) is 16.7. The van der Waals surface area contributed by atoms with E-state index in [9.17, 15) is 0 Å². The second-order valence-corrected chi connectivity index (χ2v) is 9.86. The zero-order chi connectivity index (χ0) is 18.9. The first-order valence-electron chi connectivity index (χ1n) is 8.96. The summed E-state index contributed by atoms with van der Waals surface area (Å²) in [6, 6.07) is 0.850. The van der Waals surface area contributed by atoms with Gasteiger partial charge in [-0.25, -0.2) is 0 Å². The highest BCUT2D eigenvalue weighted by atomic mass is 28.4. The van der Waals surface area contributed by atoms with E-state index in [1.54, 1.807) is 5.70 Å². The predicted molar refractivity (Wildman–Crippen MR) is 102 cm³/mol. The molecule has 0 spiro atoms. The third kappa shape index (κ3) is 10.7. The smallest absolute Gasteiger partial charge is 0.374 e. The Kier molecular flexibility index (Phi) is 17.9. The molecule has 0 aliphatic heterocycles. The van der Waals surface area contributed by atoms with Crippen LogP contribution in [0.3, 0.4) is 0 Å². The molecule has 0 atom stereocenters. The highest BCUT2D eigenvalue weighted by molar-refractivity contribution is 6.66. The van der Waals surface area contributed by atoms with Crippen LogP contribution in [0.2, 0.25) is 6.04 Å². The van der Waals surface area contributed by atoms with Crippen LogP contribution in [0.5, 0.6) is 0 Å². The molecule has 0 N–H and O–H groups in total. The molecule has 0 heterocycles. The van der Waals surface area contributed by atoms with E-state index in [2.05, 4.69) is 6.58 Å². The maximum Gasteiger partial charge on any atom is 0.528 e. The zero-order valence-corrected chi connectivity index (χ0v) is 18.7. The van der Waals surface area contributed by atoms with Gasteiger partial charge < -0.3 is 26.6 Å². The molecule has 0 amide bonds. The van der Waals surface area contributed by atoms with Crippen LogP contribution in [-0.2, 0) is 26.6 Å². The van der Waals surface area contributed by atoms with Gasteiger partial charge in [-0.3, -0.25) is 0 Å². The van der Waals surface area contributed by atoms with Gasteiger partial charge in [-0.05, 0) is 47.2 Å². The summed E-state index contributed by atoms with van der Waals surface area (Å²) in [6.07, 6.45) is 0. The van der Waals surface area contributed by atoms with Crippen LogP contribution in [0, 0.1) is 0 Å². The molecule has 0 bridgehead atoms. The van der Waals surface area contributed by atoms with Gasteiger partial charge in [0.25, 0.3) is 0 Å². The van der Waals surface area contributed by atoms with Crippen molar-refractivity contribution in [3.8, 4) is 0 Å². The Balaban J connectivity index is 0. The summed E-state index contributed by atoms with van der Waals surface area (Å²) in [7, 11) is -4.78. The Labute approximate surface area is 151 Å². The van der Waals surface area contributed by atoms with Crippen molar-refractivity contribution in [1.29, 1.82) is 0 Å². The van der Waals surface area contributed by atoms with Gasteiger partial charge >= 0.3 is 17.6 Å². The molecule has 8 heteroatoms. The standard InChI is InChI=1S/C8H20O3Si.C8H18O3Si/c2*1-5-9-12(8-4,10-6-2)11-7-3/h5-8H2,1-4H3;8H,4-7H2,1-3H3. The van der Waals surface area contributed by atoms with E-state index < -0.39 is 17.6 Å². The van der Waals surface area contributed by atoms with E-state index in [-0.39, 0.29) is 0 Å². The molecule has 0 aromatic carbocycles. The second-order valence-electron chi connectivity index (χ2n) is 4.44. The lowest BCUT2D eigenvalue weighted by Gasteiger charge is -2.26. The maximum atomic E-state index is 5.55. The van der Waals surface area contributed by atoms with Crippen molar-refractivity contribution < 1.29 is 26.6 Å². The van der Waals surface area contributed by atoms with Crippen LogP contribution in [0.15, 0.2) is 12.3 Å². The first kappa shape index (κ1) is 26.2. The Bertz CT molecular complexity index is 258. The number of rotatable bonds is 14. The summed E-state index contributed by atoms with van der Waals surface area (Å²) < 4.78 is 33.0. The Morgan fingerprint density at radius 1 is 0.583 bits per heavy atom. The van der Waals surface area contributed by atoms with E-state index in [0.717, 1.165) is 6.04 Å². The summed E-state index contributed by atoms with van der Waals surface area (Å²) in [4.78, 5) is 0. The summed E-state index contributed by atoms with van der Waals surface area (Å²) >= 11 is 0. The molecule has 0 fully saturated rings. The quantitative estimate of drug-likeness (QED) is 0.426. The van der Waals surface area contributed by atoms with Crippen molar-refractivity contribution in [3.05, 3.63) is 12.3 Å². The highest BCUT2D eigenvalue weighted by Gasteiger charge is 2.38. The molecule has 0 saturated carbocycles. The lowest BCUT2D eigenvalue weighted by atomic mass is 10.9. The normalized spacial score (nSPS) is 11.8. The predicted octanol–water partition coefficient (Wildman–Crippen LogP) is 3.81. The largest absolute Gasteiger partial charge is 0.528 e. The first-order valence-corrected chi connectivity index (χ1v) is 12.7. The van der Waals surface area contributed by atoms with Crippen molar-refractivity contribution in [3.63, 3.8) is 0 Å². The van der Waals surface area contributed by atoms with Crippen LogP contribution in [0.4, 0.5) is 0 Å². The monoisotopic (exact) mass is 382 g/mol. The van der Waals surface area contributed by atoms with E-state index in [0.29, 0.717) is 39.6 Å². The molecule has 6 nitrogen and oxygen atoms in total. The molecular weight excluding hydrogens is 344 g/mol. The minimum absolute atomic E-state index is 0.595. The van der Waals surface area contributed by atoms with E-state index in [4.69, 9.17) is 26.6 Å². The van der Waals surface area contributed by atoms with Crippen LogP contribution in [-0.4, -0.2) is 57.3 Å². The minimum Gasteiger partial charge on any atom is -0.374 e. The van der Waals surface area contributed by atoms with Gasteiger partial charge in [0.15, 0.2) is 0 Å². The summed E-state index contributed by atoms with van der Waals surface area (Å²) in [6.45, 7) is 21.2. The van der Waals surface area contributed by atoms with Gasteiger partial charge in [-0.1, -0.05) is 13.5 Å². The summed E-state index contributed by atoms with van der Waals surface area (Å²) in [5, 5.41) is 0. The molecule has 0 aliphatic carbocycles. The molecule has 0 saturated heterocycles. The van der Waals surface area contributed by atoms with Gasteiger partial charge in [-0.15, -0.1) is 0 Å². The first-order chi connectivity index (χ1) is 11.5. The SMILES string of the molecule is C=C[Si](OCC)(OCC)OCC.CCO[Si](CC)(OCC)OCC. The lowest BCUT2D eigenvalue weighted by Crippen LogP contribution is -2.45. The van der Waals surface area contributed by atoms with Gasteiger partial charge in [0.2, 0.25) is 0 Å². The van der Waals surface area contributed by atoms with Crippen molar-refractivity contribution in [2.24, 2.45) is 0 Å². The fourth-order valence-electron chi connectivity index (χ4n) is 2.00. The average molecular weight is 383 g/mol. The minimum atomic E-state index is -2.51. The van der Waals surface area contributed by atoms with E-state index in [1.165, 1.54) is 0 Å². The van der Waals surface area contributed by atoms with Crippen molar-refractivity contribution in [2.75, 3.05) is 39.6 Å². The van der Waals surface area contributed by atoms with Gasteiger partial charge in [-0.2, -0.15) is 0 Å². The lowest BCUT2D eigenvalue weighted by molar-refractivity contribution is 0.0725. The third-order valence-corrected chi connectivity index (χ3v) is 8.44.